The smallest absolute Gasteiger partial charge is 0.319 e. The molecule has 2 aromatic carbocycles. The molecule has 0 aliphatic carbocycles. The van der Waals surface area contributed by atoms with Gasteiger partial charge in [-0.1, -0.05) is 12.0 Å². The van der Waals surface area contributed by atoms with Gasteiger partial charge in [0.1, 0.15) is 40.6 Å². The molecule has 2 aliphatic heterocycles. The van der Waals surface area contributed by atoms with Crippen LogP contribution in [0.2, 0.25) is 0 Å². The summed E-state index contributed by atoms with van der Waals surface area (Å²) in [5, 5.41) is 23.9. The molecule has 9 nitrogen and oxygen atoms in total. The van der Waals surface area contributed by atoms with Crippen LogP contribution in [-0.2, 0) is 0 Å². The van der Waals surface area contributed by atoms with E-state index in [2.05, 4.69) is 31.1 Å². The minimum atomic E-state index is -0.856. The van der Waals surface area contributed by atoms with Gasteiger partial charge in [0, 0.05) is 17.5 Å². The molecule has 2 fully saturated rings. The van der Waals surface area contributed by atoms with Crippen molar-refractivity contribution in [1.29, 1.82) is 0 Å². The molecule has 0 radical (unpaired) electrons. The van der Waals surface area contributed by atoms with E-state index in [1.54, 1.807) is 13.8 Å². The Labute approximate surface area is 247 Å². The summed E-state index contributed by atoms with van der Waals surface area (Å²) in [5.74, 6) is 0.851. The molecule has 4 aromatic rings. The summed E-state index contributed by atoms with van der Waals surface area (Å²) < 4.78 is 43.8. The van der Waals surface area contributed by atoms with E-state index in [-0.39, 0.29) is 81.4 Å². The lowest BCUT2D eigenvalue weighted by Crippen LogP contribution is -2.43. The van der Waals surface area contributed by atoms with Crippen molar-refractivity contribution in [2.45, 2.75) is 51.2 Å². The highest BCUT2D eigenvalue weighted by atomic mass is 19.1. The van der Waals surface area contributed by atoms with Crippen LogP contribution in [0.15, 0.2) is 24.3 Å². The number of halogens is 2. The Morgan fingerprint density at radius 1 is 1.12 bits per heavy atom. The third kappa shape index (κ3) is 5.15. The molecule has 0 saturated carbocycles. The van der Waals surface area contributed by atoms with Crippen molar-refractivity contribution in [3.63, 3.8) is 0 Å². The first kappa shape index (κ1) is 28.8. The number of ether oxygens (including phenoxy) is 2. The summed E-state index contributed by atoms with van der Waals surface area (Å²) >= 11 is 0. The largest absolute Gasteiger partial charge is 0.508 e. The van der Waals surface area contributed by atoms with Gasteiger partial charge < -0.3 is 25.0 Å². The fraction of sp³-hybridized carbons (Fsp3) is 0.406. The average molecular weight is 590 g/mol. The van der Waals surface area contributed by atoms with E-state index >= 15 is 4.39 Å². The molecule has 6 rings (SSSR count). The fourth-order valence-electron chi connectivity index (χ4n) is 6.39. The lowest BCUT2D eigenvalue weighted by Gasteiger charge is -2.31. The molecule has 224 valence electrons. The minimum absolute atomic E-state index is 0.0138. The molecule has 0 bridgehead atoms. The van der Waals surface area contributed by atoms with Gasteiger partial charge in [-0.2, -0.15) is 9.97 Å². The number of fused-ring (bicyclic) bond motifs is 3. The lowest BCUT2D eigenvalue weighted by atomic mass is 9.95. The number of benzene rings is 2. The van der Waals surface area contributed by atoms with Gasteiger partial charge in [-0.15, -0.1) is 6.42 Å². The van der Waals surface area contributed by atoms with E-state index in [4.69, 9.17) is 15.9 Å². The van der Waals surface area contributed by atoms with Gasteiger partial charge >= 0.3 is 6.01 Å². The maximum Gasteiger partial charge on any atom is 0.319 e. The number of aliphatic hydroxyl groups is 1. The maximum absolute atomic E-state index is 16.7. The first-order valence-corrected chi connectivity index (χ1v) is 14.5. The quantitative estimate of drug-likeness (QED) is 0.232. The molecule has 2 aromatic heterocycles. The fourth-order valence-corrected chi connectivity index (χ4v) is 6.39. The molecule has 2 saturated heterocycles. The molecule has 0 amide bonds. The normalized spacial score (nSPS) is 16.1. The van der Waals surface area contributed by atoms with Crippen molar-refractivity contribution in [2.75, 3.05) is 38.2 Å². The minimum Gasteiger partial charge on any atom is -0.508 e. The molecule has 0 unspecified atom stereocenters. The van der Waals surface area contributed by atoms with E-state index in [9.17, 15) is 14.6 Å². The Hall–Kier alpha value is -4.27. The van der Waals surface area contributed by atoms with Gasteiger partial charge in [-0.05, 0) is 76.2 Å². The van der Waals surface area contributed by atoms with Crippen molar-refractivity contribution in [3.05, 3.63) is 41.5 Å². The number of rotatable bonds is 9. The third-order valence-electron chi connectivity index (χ3n) is 8.22. The van der Waals surface area contributed by atoms with Gasteiger partial charge in [0.05, 0.1) is 23.8 Å². The van der Waals surface area contributed by atoms with Gasteiger partial charge in [-0.25, -0.2) is 13.8 Å². The van der Waals surface area contributed by atoms with Crippen LogP contribution >= 0.6 is 0 Å². The Balaban J connectivity index is 1.58. The van der Waals surface area contributed by atoms with Crippen LogP contribution in [0.4, 0.5) is 14.6 Å². The molecule has 0 atom stereocenters. The highest BCUT2D eigenvalue weighted by Gasteiger charge is 2.45. The van der Waals surface area contributed by atoms with E-state index in [1.807, 2.05) is 0 Å². The molecule has 2 aliphatic rings. The summed E-state index contributed by atoms with van der Waals surface area (Å²) in [6.07, 6.45) is 9.48. The lowest BCUT2D eigenvalue weighted by molar-refractivity contribution is 0.108. The number of nitrogens with one attached hydrogen (secondary N) is 1. The van der Waals surface area contributed by atoms with E-state index < -0.39 is 11.6 Å². The van der Waals surface area contributed by atoms with Crippen LogP contribution < -0.4 is 14.8 Å². The standard InChI is InChI=1S/C32H33F2N5O4/c1-4-21-23(33)8-7-19-15-20(41)16-22(24(19)21)27-26(34)28-25(30(36-27)43-18(2)3)29(35-11-14-40)38-31(37-28)42-17-32-9-5-12-39(32)13-6-10-32/h1,7-8,15-16,18,40-41H,5-6,9-14,17H2,2-3H3,(H,35,37,38). The number of phenols is 1. The number of hydrogen-bond acceptors (Lipinski definition) is 9. The van der Waals surface area contributed by atoms with E-state index in [0.29, 0.717) is 12.0 Å². The third-order valence-corrected chi connectivity index (χ3v) is 8.22. The zero-order chi connectivity index (χ0) is 30.3. The number of aromatic nitrogens is 3. The van der Waals surface area contributed by atoms with E-state index in [1.165, 1.54) is 24.3 Å². The first-order chi connectivity index (χ1) is 20.7. The van der Waals surface area contributed by atoms with E-state index in [0.717, 1.165) is 38.8 Å². The van der Waals surface area contributed by atoms with Crippen LogP contribution in [-0.4, -0.2) is 74.6 Å². The molecule has 11 heteroatoms. The number of hydrogen-bond donors (Lipinski definition) is 3. The predicted molar refractivity (Wildman–Crippen MR) is 159 cm³/mol. The number of terminal acetylenes is 1. The molecular weight excluding hydrogens is 556 g/mol. The SMILES string of the molecule is C#Cc1c(F)ccc2cc(O)cc(-c3nc(OC(C)C)c4c(NCCO)nc(OCC56CCCN5CCC6)nc4c3F)c12. The average Bonchev–Trinajstić information content (AvgIpc) is 3.56. The second-order valence-electron chi connectivity index (χ2n) is 11.3. The molecule has 43 heavy (non-hydrogen) atoms. The van der Waals surface area contributed by atoms with Crippen molar-refractivity contribution >= 4 is 27.5 Å². The second kappa shape index (κ2) is 11.4. The zero-order valence-electron chi connectivity index (χ0n) is 24.1. The maximum atomic E-state index is 16.7. The topological polar surface area (TPSA) is 113 Å². The summed E-state index contributed by atoms with van der Waals surface area (Å²) in [7, 11) is 0. The van der Waals surface area contributed by atoms with Gasteiger partial charge in [0.15, 0.2) is 5.82 Å². The monoisotopic (exact) mass is 589 g/mol. The van der Waals surface area contributed by atoms with Gasteiger partial charge in [-0.3, -0.25) is 4.90 Å². The van der Waals surface area contributed by atoms with Crippen LogP contribution in [0.5, 0.6) is 17.6 Å². The highest BCUT2D eigenvalue weighted by molar-refractivity contribution is 6.04. The Bertz CT molecular complexity index is 1750. The van der Waals surface area contributed by atoms with Crippen molar-refractivity contribution in [2.24, 2.45) is 0 Å². The zero-order valence-corrected chi connectivity index (χ0v) is 24.1. The number of aliphatic hydroxyl groups excluding tert-OH is 1. The Morgan fingerprint density at radius 3 is 2.58 bits per heavy atom. The first-order valence-electron chi connectivity index (χ1n) is 14.5. The van der Waals surface area contributed by atoms with Gasteiger partial charge in [0.2, 0.25) is 5.88 Å². The number of nitrogens with zero attached hydrogens (tertiary/aromatic N) is 4. The summed E-state index contributed by atoms with van der Waals surface area (Å²) in [5.41, 5.74) is -0.489. The number of phenolic OH excluding ortho intramolecular Hbond substituents is 1. The van der Waals surface area contributed by atoms with Crippen molar-refractivity contribution < 1.29 is 28.5 Å². The summed E-state index contributed by atoms with van der Waals surface area (Å²) in [6, 6.07) is 5.33. The second-order valence-corrected chi connectivity index (χ2v) is 11.3. The van der Waals surface area contributed by atoms with Crippen LogP contribution in [0, 0.1) is 24.0 Å². The molecule has 3 N–H and O–H groups in total. The highest BCUT2D eigenvalue weighted by Crippen LogP contribution is 2.42. The molecular formula is C32H33F2N5O4. The van der Waals surface area contributed by atoms with Crippen molar-refractivity contribution in [1.82, 2.24) is 19.9 Å². The van der Waals surface area contributed by atoms with Crippen molar-refractivity contribution in [3.8, 4) is 41.2 Å². The molecule has 0 spiro atoms. The van der Waals surface area contributed by atoms with Crippen LogP contribution in [0.25, 0.3) is 32.9 Å². The predicted octanol–water partition coefficient (Wildman–Crippen LogP) is 5.01. The Kier molecular flexibility index (Phi) is 7.66. The van der Waals surface area contributed by atoms with Crippen LogP contribution in [0.1, 0.15) is 45.1 Å². The summed E-state index contributed by atoms with van der Waals surface area (Å²) in [6.45, 7) is 5.89. The number of anilines is 1. The molecule has 4 heterocycles. The Morgan fingerprint density at radius 2 is 1.88 bits per heavy atom. The van der Waals surface area contributed by atoms with Gasteiger partial charge in [0.25, 0.3) is 0 Å². The number of aromatic hydroxyl groups is 1. The summed E-state index contributed by atoms with van der Waals surface area (Å²) in [4.78, 5) is 16.0. The number of pyridine rings is 1. The van der Waals surface area contributed by atoms with Crippen LogP contribution in [0.3, 0.4) is 0 Å².